The Bertz CT molecular complexity index is 1040. The summed E-state index contributed by atoms with van der Waals surface area (Å²) in [7, 11) is 4.16. The lowest BCUT2D eigenvalue weighted by Gasteiger charge is -2.32. The highest BCUT2D eigenvalue weighted by Gasteiger charge is 2.21. The Labute approximate surface area is 216 Å². The Hall–Kier alpha value is -2.95. The smallest absolute Gasteiger partial charge is 0.162 e. The first-order valence-electron chi connectivity index (χ1n) is 13.3. The van der Waals surface area contributed by atoms with Gasteiger partial charge in [-0.05, 0) is 75.6 Å². The topological polar surface area (TPSA) is 32.8 Å². The largest absolute Gasteiger partial charge is 0.486 e. The van der Waals surface area contributed by atoms with Crippen molar-refractivity contribution >= 4 is 5.78 Å². The number of rotatable bonds is 12. The van der Waals surface area contributed by atoms with Crippen molar-refractivity contribution in [1.82, 2.24) is 9.80 Å². The van der Waals surface area contributed by atoms with Crippen LogP contribution in [-0.4, -0.2) is 49.3 Å². The molecule has 1 aliphatic rings. The zero-order valence-corrected chi connectivity index (χ0v) is 21.8. The molecule has 4 heteroatoms. The summed E-state index contributed by atoms with van der Waals surface area (Å²) in [5.41, 5.74) is 3.31. The number of nitrogens with zero attached hydrogens (tertiary/aromatic N) is 2. The fourth-order valence-electron chi connectivity index (χ4n) is 4.97. The fraction of sp³-hybridized carbons (Fsp3) is 0.406. The monoisotopic (exact) mass is 484 g/mol. The molecule has 1 aliphatic heterocycles. The predicted octanol–water partition coefficient (Wildman–Crippen LogP) is 6.63. The summed E-state index contributed by atoms with van der Waals surface area (Å²) in [6, 6.07) is 28.8. The van der Waals surface area contributed by atoms with Crippen molar-refractivity contribution in [1.29, 1.82) is 0 Å². The van der Waals surface area contributed by atoms with Crippen molar-refractivity contribution in [3.63, 3.8) is 0 Å². The fourth-order valence-corrected chi connectivity index (χ4v) is 4.97. The van der Waals surface area contributed by atoms with E-state index < -0.39 is 0 Å². The Balaban J connectivity index is 1.26. The van der Waals surface area contributed by atoms with Crippen molar-refractivity contribution < 1.29 is 9.53 Å². The van der Waals surface area contributed by atoms with Gasteiger partial charge in [0, 0.05) is 31.5 Å². The van der Waals surface area contributed by atoms with Gasteiger partial charge >= 0.3 is 0 Å². The lowest BCUT2D eigenvalue weighted by Crippen LogP contribution is -2.33. The van der Waals surface area contributed by atoms with Crippen LogP contribution in [0.2, 0.25) is 0 Å². The molecule has 1 saturated heterocycles. The zero-order valence-electron chi connectivity index (χ0n) is 21.8. The highest BCUT2D eigenvalue weighted by molar-refractivity contribution is 5.96. The number of likely N-dealkylation sites (tertiary alicyclic amines) is 1. The van der Waals surface area contributed by atoms with Gasteiger partial charge in [-0.3, -0.25) is 9.69 Å². The van der Waals surface area contributed by atoms with E-state index in [4.69, 9.17) is 4.74 Å². The van der Waals surface area contributed by atoms with Crippen LogP contribution in [0.15, 0.2) is 84.9 Å². The first kappa shape index (κ1) is 26.1. The standard InChI is InChI=1S/C32H40N2O2/c1-33(2)22-21-32(36-30-11-7-4-8-12-30)29-16-14-28(15-17-29)31(35)18-13-26-19-23-34(24-20-26)25-27-9-5-3-6-10-27/h3-12,14-17,26,32H,13,18-25H2,1-2H3. The molecule has 1 fully saturated rings. The minimum absolute atomic E-state index is 0.0416. The Kier molecular flexibility index (Phi) is 9.71. The number of ether oxygens (including phenoxy) is 1. The van der Waals surface area contributed by atoms with Crippen LogP contribution in [-0.2, 0) is 6.54 Å². The molecule has 0 amide bonds. The third kappa shape index (κ3) is 8.04. The van der Waals surface area contributed by atoms with Gasteiger partial charge in [0.2, 0.25) is 0 Å². The summed E-state index contributed by atoms with van der Waals surface area (Å²) in [4.78, 5) is 17.6. The molecule has 1 unspecified atom stereocenters. The number of Topliss-reactive ketones (excluding diaryl/α,β-unsaturated/α-hetero) is 1. The van der Waals surface area contributed by atoms with Crippen LogP contribution in [0.25, 0.3) is 0 Å². The third-order valence-corrected chi connectivity index (χ3v) is 7.20. The zero-order chi connectivity index (χ0) is 25.2. The number of hydrogen-bond donors (Lipinski definition) is 0. The molecule has 3 aromatic rings. The van der Waals surface area contributed by atoms with Gasteiger partial charge in [0.05, 0.1) is 0 Å². The van der Waals surface area contributed by atoms with Gasteiger partial charge < -0.3 is 9.64 Å². The quantitative estimate of drug-likeness (QED) is 0.270. The maximum Gasteiger partial charge on any atom is 0.162 e. The number of para-hydroxylation sites is 1. The summed E-state index contributed by atoms with van der Waals surface area (Å²) < 4.78 is 6.31. The first-order valence-corrected chi connectivity index (χ1v) is 13.3. The summed E-state index contributed by atoms with van der Waals surface area (Å²) in [6.45, 7) is 4.21. The van der Waals surface area contributed by atoms with E-state index in [0.29, 0.717) is 12.3 Å². The van der Waals surface area contributed by atoms with Crippen LogP contribution < -0.4 is 4.74 Å². The predicted molar refractivity (Wildman–Crippen MR) is 147 cm³/mol. The normalized spacial score (nSPS) is 15.6. The van der Waals surface area contributed by atoms with E-state index in [-0.39, 0.29) is 11.9 Å². The van der Waals surface area contributed by atoms with E-state index in [1.165, 1.54) is 18.4 Å². The minimum Gasteiger partial charge on any atom is -0.486 e. The molecule has 4 nitrogen and oxygen atoms in total. The van der Waals surface area contributed by atoms with E-state index in [1.54, 1.807) is 0 Å². The Morgan fingerprint density at radius 2 is 1.56 bits per heavy atom. The second-order valence-electron chi connectivity index (χ2n) is 10.3. The Morgan fingerprint density at radius 3 is 2.19 bits per heavy atom. The van der Waals surface area contributed by atoms with Gasteiger partial charge in [-0.1, -0.05) is 72.8 Å². The molecule has 0 spiro atoms. The van der Waals surface area contributed by atoms with E-state index in [0.717, 1.165) is 55.9 Å². The van der Waals surface area contributed by atoms with Gasteiger partial charge in [-0.15, -0.1) is 0 Å². The number of hydrogen-bond acceptors (Lipinski definition) is 4. The highest BCUT2D eigenvalue weighted by Crippen LogP contribution is 2.27. The van der Waals surface area contributed by atoms with E-state index in [9.17, 15) is 4.79 Å². The van der Waals surface area contributed by atoms with Crippen molar-refractivity contribution in [2.75, 3.05) is 33.7 Å². The van der Waals surface area contributed by atoms with Gasteiger partial charge in [-0.2, -0.15) is 0 Å². The lowest BCUT2D eigenvalue weighted by molar-refractivity contribution is 0.0961. The molecule has 0 radical (unpaired) electrons. The molecule has 190 valence electrons. The average Bonchev–Trinajstić information content (AvgIpc) is 2.91. The molecular formula is C32H40N2O2. The highest BCUT2D eigenvalue weighted by atomic mass is 16.5. The van der Waals surface area contributed by atoms with E-state index >= 15 is 0 Å². The van der Waals surface area contributed by atoms with E-state index in [2.05, 4.69) is 66.4 Å². The molecular weight excluding hydrogens is 444 g/mol. The molecule has 0 saturated carbocycles. The molecule has 0 bridgehead atoms. The lowest BCUT2D eigenvalue weighted by atomic mass is 9.90. The first-order chi connectivity index (χ1) is 17.6. The molecule has 0 aliphatic carbocycles. The summed E-state index contributed by atoms with van der Waals surface area (Å²) in [5.74, 6) is 1.77. The average molecular weight is 485 g/mol. The molecule has 0 aromatic heterocycles. The SMILES string of the molecule is CN(C)CCC(Oc1ccccc1)c1ccc(C(=O)CCC2CCN(Cc3ccccc3)CC2)cc1. The van der Waals surface area contributed by atoms with E-state index in [1.807, 2.05) is 42.5 Å². The minimum atomic E-state index is -0.0416. The maximum atomic E-state index is 12.9. The number of carbonyl (C=O) groups is 1. The Morgan fingerprint density at radius 1 is 0.917 bits per heavy atom. The van der Waals surface area contributed by atoms with Crippen LogP contribution in [0.4, 0.5) is 0 Å². The van der Waals surface area contributed by atoms with Crippen molar-refractivity contribution in [2.24, 2.45) is 5.92 Å². The second kappa shape index (κ2) is 13.4. The molecule has 3 aromatic carbocycles. The number of benzene rings is 3. The molecule has 0 N–H and O–H groups in total. The van der Waals surface area contributed by atoms with Crippen molar-refractivity contribution in [3.05, 3.63) is 102 Å². The maximum absolute atomic E-state index is 12.9. The van der Waals surface area contributed by atoms with Crippen LogP contribution >= 0.6 is 0 Å². The molecule has 1 heterocycles. The van der Waals surface area contributed by atoms with Crippen LogP contribution in [0.1, 0.15) is 59.7 Å². The third-order valence-electron chi connectivity index (χ3n) is 7.20. The van der Waals surface area contributed by atoms with Crippen LogP contribution in [0, 0.1) is 5.92 Å². The number of carbonyl (C=O) groups excluding carboxylic acids is 1. The van der Waals surface area contributed by atoms with Gasteiger partial charge in [0.25, 0.3) is 0 Å². The molecule has 1 atom stereocenters. The second-order valence-corrected chi connectivity index (χ2v) is 10.3. The van der Waals surface area contributed by atoms with Crippen molar-refractivity contribution in [2.45, 2.75) is 44.8 Å². The van der Waals surface area contributed by atoms with Crippen LogP contribution in [0.3, 0.4) is 0 Å². The van der Waals surface area contributed by atoms with Gasteiger partial charge in [-0.25, -0.2) is 0 Å². The summed E-state index contributed by atoms with van der Waals surface area (Å²) in [6.07, 6.45) is 4.83. The number of piperidine rings is 1. The summed E-state index contributed by atoms with van der Waals surface area (Å²) in [5, 5.41) is 0. The number of ketones is 1. The molecule has 4 rings (SSSR count). The van der Waals surface area contributed by atoms with Gasteiger partial charge in [0.1, 0.15) is 11.9 Å². The van der Waals surface area contributed by atoms with Crippen LogP contribution in [0.5, 0.6) is 5.75 Å². The van der Waals surface area contributed by atoms with Gasteiger partial charge in [0.15, 0.2) is 5.78 Å². The molecule has 36 heavy (non-hydrogen) atoms. The summed E-state index contributed by atoms with van der Waals surface area (Å²) >= 11 is 0. The van der Waals surface area contributed by atoms with Crippen molar-refractivity contribution in [3.8, 4) is 5.75 Å².